The molecule has 1 rings (SSSR count). The van der Waals surface area contributed by atoms with E-state index in [2.05, 4.69) is 26.1 Å². The minimum atomic E-state index is 0.455. The molecule has 0 bridgehead atoms. The summed E-state index contributed by atoms with van der Waals surface area (Å²) in [6, 6.07) is 0.735. The maximum Gasteiger partial charge on any atom is 0.0572 e. The highest BCUT2D eigenvalue weighted by molar-refractivity contribution is 4.78. The van der Waals surface area contributed by atoms with Gasteiger partial charge in [0.15, 0.2) is 0 Å². The highest BCUT2D eigenvalue weighted by Gasteiger charge is 2.20. The molecule has 0 unspecified atom stereocenters. The summed E-state index contributed by atoms with van der Waals surface area (Å²) >= 11 is 0. The van der Waals surface area contributed by atoms with E-state index in [1.165, 1.54) is 32.1 Å². The van der Waals surface area contributed by atoms with E-state index in [0.29, 0.717) is 11.5 Å². The topological polar surface area (TPSA) is 21.3 Å². The van der Waals surface area contributed by atoms with Gasteiger partial charge in [-0.2, -0.15) is 0 Å². The third kappa shape index (κ3) is 5.53. The van der Waals surface area contributed by atoms with Gasteiger partial charge in [-0.15, -0.1) is 0 Å². The molecule has 0 saturated heterocycles. The number of hydrogen-bond acceptors (Lipinski definition) is 2. The van der Waals surface area contributed by atoms with Gasteiger partial charge in [0.2, 0.25) is 0 Å². The van der Waals surface area contributed by atoms with Gasteiger partial charge >= 0.3 is 0 Å². The summed E-state index contributed by atoms with van der Waals surface area (Å²) in [5.74, 6) is 0. The van der Waals surface area contributed by atoms with E-state index in [9.17, 15) is 0 Å². The van der Waals surface area contributed by atoms with Gasteiger partial charge in [-0.3, -0.25) is 0 Å². The van der Waals surface area contributed by atoms with Crippen LogP contribution in [0.3, 0.4) is 0 Å². The molecule has 1 fully saturated rings. The molecule has 1 aliphatic rings. The smallest absolute Gasteiger partial charge is 0.0572 e. The SMILES string of the molecule is COC1CCC(NCCC(C)(C)C)CC1. The van der Waals surface area contributed by atoms with Crippen molar-refractivity contribution in [2.24, 2.45) is 5.41 Å². The summed E-state index contributed by atoms with van der Waals surface area (Å²) in [7, 11) is 1.83. The summed E-state index contributed by atoms with van der Waals surface area (Å²) in [5, 5.41) is 3.67. The normalized spacial score (nSPS) is 28.0. The van der Waals surface area contributed by atoms with Crippen LogP contribution in [0.15, 0.2) is 0 Å². The lowest BCUT2D eigenvalue weighted by molar-refractivity contribution is 0.0623. The van der Waals surface area contributed by atoms with E-state index in [4.69, 9.17) is 4.74 Å². The monoisotopic (exact) mass is 213 g/mol. The van der Waals surface area contributed by atoms with Crippen molar-refractivity contribution in [1.82, 2.24) is 5.32 Å². The number of ether oxygens (including phenoxy) is 1. The first-order valence-electron chi connectivity index (χ1n) is 6.27. The van der Waals surface area contributed by atoms with E-state index in [0.717, 1.165) is 12.6 Å². The molecule has 0 aliphatic heterocycles. The molecular formula is C13H27NO. The fourth-order valence-electron chi connectivity index (χ4n) is 2.15. The molecule has 0 heterocycles. The highest BCUT2D eigenvalue weighted by atomic mass is 16.5. The van der Waals surface area contributed by atoms with Gasteiger partial charge in [0.1, 0.15) is 0 Å². The van der Waals surface area contributed by atoms with Crippen LogP contribution < -0.4 is 5.32 Å². The Hall–Kier alpha value is -0.0800. The summed E-state index contributed by atoms with van der Waals surface area (Å²) in [6.45, 7) is 8.06. The van der Waals surface area contributed by atoms with Crippen LogP contribution in [0, 0.1) is 5.41 Å². The third-order valence-corrected chi connectivity index (χ3v) is 3.32. The van der Waals surface area contributed by atoms with Crippen LogP contribution in [0.4, 0.5) is 0 Å². The van der Waals surface area contributed by atoms with Gasteiger partial charge in [-0.05, 0) is 44.1 Å². The fraction of sp³-hybridized carbons (Fsp3) is 1.00. The number of methoxy groups -OCH3 is 1. The van der Waals surface area contributed by atoms with Crippen molar-refractivity contribution in [3.05, 3.63) is 0 Å². The van der Waals surface area contributed by atoms with E-state index in [1.807, 2.05) is 7.11 Å². The molecule has 1 N–H and O–H groups in total. The van der Waals surface area contributed by atoms with Crippen LogP contribution in [-0.4, -0.2) is 25.8 Å². The van der Waals surface area contributed by atoms with Crippen molar-refractivity contribution >= 4 is 0 Å². The zero-order valence-corrected chi connectivity index (χ0v) is 10.8. The molecule has 0 spiro atoms. The highest BCUT2D eigenvalue weighted by Crippen LogP contribution is 2.22. The average Bonchev–Trinajstić information content (AvgIpc) is 2.17. The summed E-state index contributed by atoms with van der Waals surface area (Å²) in [6.07, 6.45) is 6.79. The second kappa shape index (κ2) is 5.86. The predicted molar refractivity (Wildman–Crippen MR) is 65.1 cm³/mol. The van der Waals surface area contributed by atoms with Gasteiger partial charge in [-0.1, -0.05) is 20.8 Å². The first-order valence-corrected chi connectivity index (χ1v) is 6.27. The molecule has 2 heteroatoms. The fourth-order valence-corrected chi connectivity index (χ4v) is 2.15. The lowest BCUT2D eigenvalue weighted by Crippen LogP contribution is -2.36. The van der Waals surface area contributed by atoms with Gasteiger partial charge in [0.05, 0.1) is 6.10 Å². The summed E-state index contributed by atoms with van der Waals surface area (Å²) in [4.78, 5) is 0. The first kappa shape index (κ1) is 13.0. The van der Waals surface area contributed by atoms with Crippen molar-refractivity contribution in [3.63, 3.8) is 0 Å². The molecule has 1 saturated carbocycles. The second-order valence-electron chi connectivity index (χ2n) is 5.97. The number of hydrogen-bond donors (Lipinski definition) is 1. The minimum absolute atomic E-state index is 0.455. The molecule has 0 aromatic carbocycles. The molecule has 15 heavy (non-hydrogen) atoms. The van der Waals surface area contributed by atoms with Crippen molar-refractivity contribution in [2.45, 2.75) is 65.0 Å². The largest absolute Gasteiger partial charge is 0.381 e. The zero-order chi connectivity index (χ0) is 11.3. The predicted octanol–water partition coefficient (Wildman–Crippen LogP) is 2.97. The van der Waals surface area contributed by atoms with Crippen molar-refractivity contribution in [3.8, 4) is 0 Å². The Morgan fingerprint density at radius 3 is 2.20 bits per heavy atom. The Bertz CT molecular complexity index is 166. The Kier molecular flexibility index (Phi) is 5.07. The van der Waals surface area contributed by atoms with Gasteiger partial charge < -0.3 is 10.1 Å². The molecule has 90 valence electrons. The number of rotatable bonds is 4. The van der Waals surface area contributed by atoms with Gasteiger partial charge in [-0.25, -0.2) is 0 Å². The Labute approximate surface area is 94.8 Å². The number of nitrogens with one attached hydrogen (secondary N) is 1. The molecule has 0 aromatic rings. The van der Waals surface area contributed by atoms with Crippen LogP contribution >= 0.6 is 0 Å². The lowest BCUT2D eigenvalue weighted by atomic mass is 9.90. The van der Waals surface area contributed by atoms with E-state index in [-0.39, 0.29) is 0 Å². The minimum Gasteiger partial charge on any atom is -0.381 e. The van der Waals surface area contributed by atoms with E-state index in [1.54, 1.807) is 0 Å². The lowest BCUT2D eigenvalue weighted by Gasteiger charge is -2.29. The standard InChI is InChI=1S/C13H27NO/c1-13(2,3)9-10-14-11-5-7-12(15-4)8-6-11/h11-12,14H,5-10H2,1-4H3. The van der Waals surface area contributed by atoms with E-state index < -0.39 is 0 Å². The third-order valence-electron chi connectivity index (χ3n) is 3.32. The zero-order valence-electron chi connectivity index (χ0n) is 10.8. The summed E-state index contributed by atoms with van der Waals surface area (Å²) < 4.78 is 5.37. The molecule has 0 atom stereocenters. The van der Waals surface area contributed by atoms with Crippen LogP contribution in [0.5, 0.6) is 0 Å². The van der Waals surface area contributed by atoms with Crippen LogP contribution in [0.25, 0.3) is 0 Å². The molecule has 0 amide bonds. The second-order valence-corrected chi connectivity index (χ2v) is 5.97. The van der Waals surface area contributed by atoms with Crippen LogP contribution in [0.1, 0.15) is 52.9 Å². The quantitative estimate of drug-likeness (QED) is 0.775. The Morgan fingerprint density at radius 2 is 1.73 bits per heavy atom. The Balaban J connectivity index is 2.09. The average molecular weight is 213 g/mol. The van der Waals surface area contributed by atoms with Gasteiger partial charge in [0.25, 0.3) is 0 Å². The van der Waals surface area contributed by atoms with Gasteiger partial charge in [0, 0.05) is 13.2 Å². The van der Waals surface area contributed by atoms with E-state index >= 15 is 0 Å². The summed E-state index contributed by atoms with van der Waals surface area (Å²) in [5.41, 5.74) is 0.455. The van der Waals surface area contributed by atoms with Crippen molar-refractivity contribution in [1.29, 1.82) is 0 Å². The Morgan fingerprint density at radius 1 is 1.13 bits per heavy atom. The maximum atomic E-state index is 5.37. The maximum absolute atomic E-state index is 5.37. The van der Waals surface area contributed by atoms with Crippen LogP contribution in [-0.2, 0) is 4.74 Å². The molecule has 1 aliphatic carbocycles. The molecular weight excluding hydrogens is 186 g/mol. The van der Waals surface area contributed by atoms with Crippen LogP contribution in [0.2, 0.25) is 0 Å². The van der Waals surface area contributed by atoms with Crippen molar-refractivity contribution < 1.29 is 4.74 Å². The molecule has 0 radical (unpaired) electrons. The molecule has 2 nitrogen and oxygen atoms in total. The molecule has 0 aromatic heterocycles. The first-order chi connectivity index (χ1) is 7.01. The van der Waals surface area contributed by atoms with Crippen molar-refractivity contribution in [2.75, 3.05) is 13.7 Å².